The predicted molar refractivity (Wildman–Crippen MR) is 125 cm³/mol. The number of fused-ring (bicyclic) bond motifs is 1. The predicted octanol–water partition coefficient (Wildman–Crippen LogP) is 5.10. The number of Topliss-reactive ketones (excluding diaryl/α,β-unsaturated/α-hetero) is 1. The summed E-state index contributed by atoms with van der Waals surface area (Å²) in [7, 11) is 0. The Morgan fingerprint density at radius 2 is 1.68 bits per heavy atom. The summed E-state index contributed by atoms with van der Waals surface area (Å²) in [6.07, 6.45) is 0.606. The average molecular weight is 411 g/mol. The van der Waals surface area contributed by atoms with E-state index in [9.17, 15) is 4.79 Å². The smallest absolute Gasteiger partial charge is 0.205 e. The first kappa shape index (κ1) is 20.5. The highest BCUT2D eigenvalue weighted by molar-refractivity contribution is 6.02. The van der Waals surface area contributed by atoms with Crippen molar-refractivity contribution in [2.75, 3.05) is 0 Å². The maximum Gasteiger partial charge on any atom is 0.205 e. The monoisotopic (exact) mass is 410 g/mol. The fraction of sp³-hybridized carbons (Fsp3) is 0.192. The highest BCUT2D eigenvalue weighted by atomic mass is 16.1. The summed E-state index contributed by atoms with van der Waals surface area (Å²) in [4.78, 5) is 21.3. The number of aromatic nitrogens is 2. The molecule has 3 aromatic carbocycles. The molecule has 4 rings (SSSR count). The maximum atomic E-state index is 13.5. The Hall–Kier alpha value is -3.73. The largest absolute Gasteiger partial charge is 0.368 e. The molecule has 1 heterocycles. The lowest BCUT2D eigenvalue weighted by atomic mass is 9.88. The van der Waals surface area contributed by atoms with Crippen molar-refractivity contribution in [2.45, 2.75) is 32.2 Å². The number of aromatic amines is 1. The van der Waals surface area contributed by atoms with E-state index in [0.717, 1.165) is 22.2 Å². The van der Waals surface area contributed by atoms with Gasteiger partial charge in [-0.3, -0.25) is 10.2 Å². The van der Waals surface area contributed by atoms with Crippen molar-refractivity contribution in [1.82, 2.24) is 15.3 Å². The molecule has 0 spiro atoms. The van der Waals surface area contributed by atoms with Crippen LogP contribution in [0.1, 0.15) is 47.1 Å². The van der Waals surface area contributed by atoms with Gasteiger partial charge in [-0.1, -0.05) is 60.7 Å². The molecule has 0 amide bonds. The van der Waals surface area contributed by atoms with Gasteiger partial charge in [0.15, 0.2) is 5.82 Å². The first-order chi connectivity index (χ1) is 15.0. The summed E-state index contributed by atoms with van der Waals surface area (Å²) in [5.41, 5.74) is 4.30. The van der Waals surface area contributed by atoms with Gasteiger partial charge >= 0.3 is 0 Å². The number of ketones is 1. The maximum absolute atomic E-state index is 13.5. The van der Waals surface area contributed by atoms with Crippen molar-refractivity contribution < 1.29 is 4.79 Å². The van der Waals surface area contributed by atoms with Gasteiger partial charge in [0.2, 0.25) is 5.78 Å². The Balaban J connectivity index is 1.67. The molecule has 0 bridgehead atoms. The second-order valence-corrected chi connectivity index (χ2v) is 8.01. The van der Waals surface area contributed by atoms with Crippen LogP contribution in [0.3, 0.4) is 0 Å². The van der Waals surface area contributed by atoms with Crippen LogP contribution in [0.15, 0.2) is 78.9 Å². The van der Waals surface area contributed by atoms with Gasteiger partial charge in [-0.15, -0.1) is 0 Å². The number of carbonyl (C=O) groups excluding carboxylic acids is 1. The topological polar surface area (TPSA) is 81.6 Å². The molecule has 0 aliphatic heterocycles. The number of amidine groups is 1. The molecule has 0 aliphatic carbocycles. The number of nitrogens with zero attached hydrogens (tertiary/aromatic N) is 1. The fourth-order valence-electron chi connectivity index (χ4n) is 3.71. The molecule has 0 radical (unpaired) electrons. The molecule has 1 aromatic heterocycles. The number of rotatable bonds is 7. The van der Waals surface area contributed by atoms with Gasteiger partial charge in [-0.2, -0.15) is 0 Å². The van der Waals surface area contributed by atoms with Crippen molar-refractivity contribution in [3.63, 3.8) is 0 Å². The van der Waals surface area contributed by atoms with Crippen molar-refractivity contribution in [3.05, 3.63) is 101 Å². The Labute approximate surface area is 182 Å². The van der Waals surface area contributed by atoms with Gasteiger partial charge in [0, 0.05) is 11.6 Å². The quantitative estimate of drug-likeness (QED) is 0.225. The zero-order chi connectivity index (χ0) is 21.8. The summed E-state index contributed by atoms with van der Waals surface area (Å²) in [6.45, 7) is 3.99. The molecule has 3 N–H and O–H groups in total. The zero-order valence-corrected chi connectivity index (χ0v) is 17.7. The fourth-order valence-corrected chi connectivity index (χ4v) is 3.71. The van der Waals surface area contributed by atoms with Gasteiger partial charge in [-0.25, -0.2) is 4.98 Å². The number of nitrogens with one attached hydrogen (secondary N) is 3. The summed E-state index contributed by atoms with van der Waals surface area (Å²) in [5.74, 6) is 0.326. The van der Waals surface area contributed by atoms with Crippen LogP contribution in [0.5, 0.6) is 0 Å². The summed E-state index contributed by atoms with van der Waals surface area (Å²) >= 11 is 0. The molecule has 4 aromatic rings. The highest BCUT2D eigenvalue weighted by Crippen LogP contribution is 2.26. The van der Waals surface area contributed by atoms with Gasteiger partial charge in [-0.05, 0) is 49.6 Å². The lowest BCUT2D eigenvalue weighted by Crippen LogP contribution is -2.30. The number of hydrogen-bond donors (Lipinski definition) is 3. The first-order valence-electron chi connectivity index (χ1n) is 10.5. The zero-order valence-electron chi connectivity index (χ0n) is 17.7. The van der Waals surface area contributed by atoms with Crippen LogP contribution in [0.4, 0.5) is 0 Å². The standard InChI is InChI=1S/C26H26N4O/c1-17(2)28-25(27)20-13-14-22-23(16-20)30-26(29-22)24(31)21(19-11-7-4-8-12-19)15-18-9-5-3-6-10-18/h3-14,16-17,21H,15H2,1-2H3,(H2,27,28)(H,29,30). The molecule has 5 heteroatoms. The minimum atomic E-state index is -0.329. The van der Waals surface area contributed by atoms with E-state index in [4.69, 9.17) is 5.41 Å². The van der Waals surface area contributed by atoms with E-state index >= 15 is 0 Å². The Morgan fingerprint density at radius 3 is 2.35 bits per heavy atom. The number of H-pyrrole nitrogens is 1. The van der Waals surface area contributed by atoms with Crippen LogP contribution in [0.25, 0.3) is 11.0 Å². The van der Waals surface area contributed by atoms with Gasteiger partial charge < -0.3 is 10.3 Å². The van der Waals surface area contributed by atoms with Crippen molar-refractivity contribution in [3.8, 4) is 0 Å². The van der Waals surface area contributed by atoms with Crippen LogP contribution in [-0.2, 0) is 6.42 Å². The Kier molecular flexibility index (Phi) is 5.94. The van der Waals surface area contributed by atoms with Crippen LogP contribution in [0, 0.1) is 5.41 Å². The third kappa shape index (κ3) is 4.72. The minimum Gasteiger partial charge on any atom is -0.368 e. The van der Waals surface area contributed by atoms with E-state index in [0.29, 0.717) is 23.6 Å². The van der Waals surface area contributed by atoms with E-state index < -0.39 is 0 Å². The normalized spacial score (nSPS) is 12.1. The molecular weight excluding hydrogens is 384 g/mol. The lowest BCUT2D eigenvalue weighted by molar-refractivity contribution is 0.0950. The summed E-state index contributed by atoms with van der Waals surface area (Å²) < 4.78 is 0. The third-order valence-corrected chi connectivity index (χ3v) is 5.24. The van der Waals surface area contributed by atoms with Gasteiger partial charge in [0.1, 0.15) is 5.84 Å². The Morgan fingerprint density at radius 1 is 1.00 bits per heavy atom. The second kappa shape index (κ2) is 8.96. The van der Waals surface area contributed by atoms with E-state index in [1.54, 1.807) is 0 Å². The molecule has 5 nitrogen and oxygen atoms in total. The van der Waals surface area contributed by atoms with Crippen LogP contribution in [0.2, 0.25) is 0 Å². The van der Waals surface area contributed by atoms with Gasteiger partial charge in [0.05, 0.1) is 17.0 Å². The molecule has 0 saturated heterocycles. The molecular formula is C26H26N4O. The number of carbonyl (C=O) groups is 1. The number of imidazole rings is 1. The SMILES string of the molecule is CC(C)NC(=N)c1ccc2[nH]c(C(=O)C(Cc3ccccc3)c3ccccc3)nc2c1. The lowest BCUT2D eigenvalue weighted by Gasteiger charge is -2.15. The average Bonchev–Trinajstić information content (AvgIpc) is 3.21. The highest BCUT2D eigenvalue weighted by Gasteiger charge is 2.25. The minimum absolute atomic E-state index is 0.0387. The van der Waals surface area contributed by atoms with Gasteiger partial charge in [0.25, 0.3) is 0 Å². The summed E-state index contributed by atoms with van der Waals surface area (Å²) in [6, 6.07) is 25.7. The van der Waals surface area contributed by atoms with Crippen molar-refractivity contribution >= 4 is 22.7 Å². The van der Waals surface area contributed by atoms with Crippen molar-refractivity contribution in [2.24, 2.45) is 0 Å². The van der Waals surface area contributed by atoms with Crippen molar-refractivity contribution in [1.29, 1.82) is 5.41 Å². The third-order valence-electron chi connectivity index (χ3n) is 5.24. The molecule has 1 atom stereocenters. The molecule has 156 valence electrons. The van der Waals surface area contributed by atoms with Crippen LogP contribution < -0.4 is 5.32 Å². The molecule has 0 aliphatic rings. The second-order valence-electron chi connectivity index (χ2n) is 8.01. The van der Waals surface area contributed by atoms with E-state index in [1.807, 2.05) is 92.7 Å². The van der Waals surface area contributed by atoms with E-state index in [1.165, 1.54) is 0 Å². The molecule has 31 heavy (non-hydrogen) atoms. The van der Waals surface area contributed by atoms with E-state index in [-0.39, 0.29) is 17.7 Å². The summed E-state index contributed by atoms with van der Waals surface area (Å²) in [5, 5.41) is 11.3. The van der Waals surface area contributed by atoms with Crippen LogP contribution in [-0.4, -0.2) is 27.6 Å². The van der Waals surface area contributed by atoms with E-state index in [2.05, 4.69) is 15.3 Å². The number of benzene rings is 3. The molecule has 0 fully saturated rings. The molecule has 0 saturated carbocycles. The van der Waals surface area contributed by atoms with Crippen LogP contribution >= 0.6 is 0 Å². The number of hydrogen-bond acceptors (Lipinski definition) is 3. The first-order valence-corrected chi connectivity index (χ1v) is 10.5. The molecule has 1 unspecified atom stereocenters. The Bertz CT molecular complexity index is 1200.